The number of ether oxygens (including phenoxy) is 2. The number of methoxy groups -OCH3 is 2. The quantitative estimate of drug-likeness (QED) is 0.694. The van der Waals surface area contributed by atoms with Gasteiger partial charge in [-0.15, -0.1) is 0 Å². The van der Waals surface area contributed by atoms with Crippen LogP contribution in [0.25, 0.3) is 0 Å². The SMILES string of the molecule is COc1ccc(NC(=O)C2=C(C)Nc3ncnn3[C@@H]2c2cccc(OC)c2)cc1. The highest BCUT2D eigenvalue weighted by molar-refractivity contribution is 6.06. The van der Waals surface area contributed by atoms with Gasteiger partial charge in [0.1, 0.15) is 23.9 Å². The molecule has 0 saturated carbocycles. The molecule has 2 aromatic carbocycles. The number of anilines is 2. The standard InChI is InChI=1S/C21H21N5O3/c1-13-18(20(27)25-15-7-9-16(28-2)10-8-15)19(26-21(24-13)22-12-23-26)14-5-4-6-17(11-14)29-3/h4-12,19H,1-3H3,(H,25,27)(H,22,23,24)/t19-/m1/s1. The van der Waals surface area contributed by atoms with E-state index < -0.39 is 6.04 Å². The fourth-order valence-electron chi connectivity index (χ4n) is 3.38. The van der Waals surface area contributed by atoms with Gasteiger partial charge in [-0.25, -0.2) is 4.68 Å². The van der Waals surface area contributed by atoms with Crippen LogP contribution < -0.4 is 20.1 Å². The van der Waals surface area contributed by atoms with Gasteiger partial charge >= 0.3 is 0 Å². The molecule has 0 fully saturated rings. The van der Waals surface area contributed by atoms with Gasteiger partial charge in [-0.2, -0.15) is 10.1 Å². The van der Waals surface area contributed by atoms with Crippen molar-refractivity contribution >= 4 is 17.5 Å². The zero-order valence-corrected chi connectivity index (χ0v) is 16.3. The monoisotopic (exact) mass is 391 g/mol. The van der Waals surface area contributed by atoms with Crippen LogP contribution in [-0.4, -0.2) is 34.9 Å². The first-order chi connectivity index (χ1) is 14.1. The van der Waals surface area contributed by atoms with E-state index in [-0.39, 0.29) is 5.91 Å². The van der Waals surface area contributed by atoms with E-state index in [4.69, 9.17) is 9.47 Å². The van der Waals surface area contributed by atoms with Crippen molar-refractivity contribution < 1.29 is 14.3 Å². The molecular formula is C21H21N5O3. The summed E-state index contributed by atoms with van der Waals surface area (Å²) in [5.41, 5.74) is 2.80. The Labute approximate surface area is 168 Å². The smallest absolute Gasteiger partial charge is 0.255 e. The van der Waals surface area contributed by atoms with E-state index in [1.54, 1.807) is 43.2 Å². The average molecular weight is 391 g/mol. The molecule has 0 saturated heterocycles. The number of aromatic nitrogens is 3. The van der Waals surface area contributed by atoms with Crippen LogP contribution in [0.2, 0.25) is 0 Å². The third kappa shape index (κ3) is 3.52. The number of nitrogens with one attached hydrogen (secondary N) is 2. The van der Waals surface area contributed by atoms with Gasteiger partial charge in [0, 0.05) is 11.4 Å². The number of allylic oxidation sites excluding steroid dienone is 1. The van der Waals surface area contributed by atoms with Gasteiger partial charge in [-0.1, -0.05) is 12.1 Å². The lowest BCUT2D eigenvalue weighted by molar-refractivity contribution is -0.113. The lowest BCUT2D eigenvalue weighted by Gasteiger charge is -2.29. The Hall–Kier alpha value is -3.81. The van der Waals surface area contributed by atoms with Gasteiger partial charge in [-0.3, -0.25) is 4.79 Å². The second-order valence-electron chi connectivity index (χ2n) is 6.55. The van der Waals surface area contributed by atoms with Crippen molar-refractivity contribution in [3.63, 3.8) is 0 Å². The molecule has 1 amide bonds. The van der Waals surface area contributed by atoms with E-state index in [0.29, 0.717) is 28.7 Å². The lowest BCUT2D eigenvalue weighted by Crippen LogP contribution is -2.31. The highest BCUT2D eigenvalue weighted by Crippen LogP contribution is 2.36. The Morgan fingerprint density at radius 3 is 2.59 bits per heavy atom. The van der Waals surface area contributed by atoms with E-state index in [2.05, 4.69) is 20.7 Å². The fraction of sp³-hybridized carbons (Fsp3) is 0.190. The molecule has 0 aliphatic carbocycles. The van der Waals surface area contributed by atoms with Crippen molar-refractivity contribution in [2.24, 2.45) is 0 Å². The molecule has 8 heteroatoms. The molecule has 3 aromatic rings. The maximum Gasteiger partial charge on any atom is 0.255 e. The summed E-state index contributed by atoms with van der Waals surface area (Å²) in [6.45, 7) is 1.86. The van der Waals surface area contributed by atoms with Crippen LogP contribution in [0.3, 0.4) is 0 Å². The summed E-state index contributed by atoms with van der Waals surface area (Å²) in [7, 11) is 3.21. The molecule has 148 valence electrons. The first-order valence-corrected chi connectivity index (χ1v) is 9.07. The van der Waals surface area contributed by atoms with E-state index >= 15 is 0 Å². The van der Waals surface area contributed by atoms with Gasteiger partial charge in [0.2, 0.25) is 5.95 Å². The van der Waals surface area contributed by atoms with Crippen LogP contribution in [-0.2, 0) is 4.79 Å². The van der Waals surface area contributed by atoms with Gasteiger partial charge in [-0.05, 0) is 48.9 Å². The first kappa shape index (κ1) is 18.5. The normalized spacial score (nSPS) is 15.3. The number of rotatable bonds is 5. The van der Waals surface area contributed by atoms with E-state index in [1.165, 1.54) is 6.33 Å². The number of nitrogens with zero attached hydrogens (tertiary/aromatic N) is 3. The molecular weight excluding hydrogens is 370 g/mol. The molecule has 2 heterocycles. The molecule has 0 spiro atoms. The predicted molar refractivity (Wildman–Crippen MR) is 109 cm³/mol. The van der Waals surface area contributed by atoms with Crippen LogP contribution in [0.1, 0.15) is 18.5 Å². The highest BCUT2D eigenvalue weighted by Gasteiger charge is 2.33. The summed E-state index contributed by atoms with van der Waals surface area (Å²) in [5.74, 6) is 1.78. The van der Waals surface area contributed by atoms with Crippen molar-refractivity contribution in [1.82, 2.24) is 14.8 Å². The molecule has 1 aliphatic heterocycles. The first-order valence-electron chi connectivity index (χ1n) is 9.07. The zero-order valence-electron chi connectivity index (χ0n) is 16.3. The third-order valence-electron chi connectivity index (χ3n) is 4.80. The van der Waals surface area contributed by atoms with Crippen LogP contribution in [0.4, 0.5) is 11.6 Å². The van der Waals surface area contributed by atoms with E-state index in [9.17, 15) is 4.79 Å². The van der Waals surface area contributed by atoms with Crippen LogP contribution in [0.5, 0.6) is 11.5 Å². The third-order valence-corrected chi connectivity index (χ3v) is 4.80. The van der Waals surface area contributed by atoms with Gasteiger partial charge in [0.05, 0.1) is 19.8 Å². The zero-order chi connectivity index (χ0) is 20.4. The van der Waals surface area contributed by atoms with Crippen molar-refractivity contribution in [2.45, 2.75) is 13.0 Å². The molecule has 0 bridgehead atoms. The number of carbonyl (C=O) groups is 1. The summed E-state index contributed by atoms with van der Waals surface area (Å²) in [6.07, 6.45) is 1.47. The number of fused-ring (bicyclic) bond motifs is 1. The summed E-state index contributed by atoms with van der Waals surface area (Å²) >= 11 is 0. The maximum absolute atomic E-state index is 13.3. The number of hydrogen-bond acceptors (Lipinski definition) is 6. The molecule has 0 unspecified atom stereocenters. The Bertz CT molecular complexity index is 1070. The second-order valence-corrected chi connectivity index (χ2v) is 6.55. The Balaban J connectivity index is 1.73. The summed E-state index contributed by atoms with van der Waals surface area (Å²) in [5, 5.41) is 10.5. The molecule has 0 radical (unpaired) electrons. The predicted octanol–water partition coefficient (Wildman–Crippen LogP) is 3.22. The minimum absolute atomic E-state index is 0.228. The topological polar surface area (TPSA) is 90.3 Å². The Kier molecular flexibility index (Phi) is 4.90. The molecule has 4 rings (SSSR count). The number of hydrogen-bond donors (Lipinski definition) is 2. The van der Waals surface area contributed by atoms with E-state index in [1.807, 2.05) is 31.2 Å². The van der Waals surface area contributed by atoms with Gasteiger partial charge < -0.3 is 20.1 Å². The van der Waals surface area contributed by atoms with Crippen LogP contribution in [0.15, 0.2) is 66.1 Å². The minimum Gasteiger partial charge on any atom is -0.497 e. The van der Waals surface area contributed by atoms with Crippen LogP contribution >= 0.6 is 0 Å². The Morgan fingerprint density at radius 2 is 1.86 bits per heavy atom. The largest absolute Gasteiger partial charge is 0.497 e. The van der Waals surface area contributed by atoms with Crippen molar-refractivity contribution in [3.05, 3.63) is 71.7 Å². The minimum atomic E-state index is -0.443. The average Bonchev–Trinajstić information content (AvgIpc) is 3.21. The molecule has 2 N–H and O–H groups in total. The van der Waals surface area contributed by atoms with Gasteiger partial charge in [0.15, 0.2) is 0 Å². The van der Waals surface area contributed by atoms with Crippen LogP contribution in [0, 0.1) is 0 Å². The molecule has 1 atom stereocenters. The molecule has 8 nitrogen and oxygen atoms in total. The van der Waals surface area contributed by atoms with E-state index in [0.717, 1.165) is 11.3 Å². The Morgan fingerprint density at radius 1 is 1.10 bits per heavy atom. The fourth-order valence-corrected chi connectivity index (χ4v) is 3.38. The lowest BCUT2D eigenvalue weighted by atomic mass is 9.95. The molecule has 1 aliphatic rings. The van der Waals surface area contributed by atoms with Gasteiger partial charge in [0.25, 0.3) is 5.91 Å². The highest BCUT2D eigenvalue weighted by atomic mass is 16.5. The number of benzene rings is 2. The summed E-state index contributed by atoms with van der Waals surface area (Å²) in [6, 6.07) is 14.3. The van der Waals surface area contributed by atoms with Crippen molar-refractivity contribution in [3.8, 4) is 11.5 Å². The maximum atomic E-state index is 13.3. The molecule has 1 aromatic heterocycles. The summed E-state index contributed by atoms with van der Waals surface area (Å²) in [4.78, 5) is 17.5. The van der Waals surface area contributed by atoms with Crippen molar-refractivity contribution in [2.75, 3.05) is 24.9 Å². The second kappa shape index (κ2) is 7.67. The van der Waals surface area contributed by atoms with Crippen molar-refractivity contribution in [1.29, 1.82) is 0 Å². The summed E-state index contributed by atoms with van der Waals surface area (Å²) < 4.78 is 12.2. The number of carbonyl (C=O) groups excluding carboxylic acids is 1. The number of amides is 1. The molecule has 29 heavy (non-hydrogen) atoms.